The van der Waals surface area contributed by atoms with E-state index in [1.165, 1.54) is 24.3 Å². The summed E-state index contributed by atoms with van der Waals surface area (Å²) in [5.74, 6) is -1.12. The van der Waals surface area contributed by atoms with Crippen molar-refractivity contribution in [3.63, 3.8) is 0 Å². The molecule has 1 amide bonds. The highest BCUT2D eigenvalue weighted by molar-refractivity contribution is 5.94. The van der Waals surface area contributed by atoms with Gasteiger partial charge in [0, 0.05) is 11.3 Å². The standard InChI is InChI=1S/C13H10F3N3O2/c14-13(15,16)10-8(6-2-1-3-7(17)4-6)5-9(11(18)20)12(21)19-10/h1-5H,17H2,(H2,18,20)(H,19,21). The van der Waals surface area contributed by atoms with Crippen LogP contribution in [0.1, 0.15) is 16.1 Å². The molecule has 0 aliphatic carbocycles. The van der Waals surface area contributed by atoms with Crippen molar-refractivity contribution in [3.8, 4) is 11.1 Å². The van der Waals surface area contributed by atoms with E-state index < -0.39 is 28.9 Å². The molecule has 8 heteroatoms. The number of aromatic amines is 1. The summed E-state index contributed by atoms with van der Waals surface area (Å²) in [6.07, 6.45) is -4.80. The Kier molecular flexibility index (Phi) is 3.46. The number of alkyl halides is 3. The Bertz CT molecular complexity index is 766. The predicted octanol–water partition coefficient (Wildman–Crippen LogP) is 1.74. The lowest BCUT2D eigenvalue weighted by Crippen LogP contribution is -2.27. The molecular weight excluding hydrogens is 287 g/mol. The van der Waals surface area contributed by atoms with Crippen LogP contribution >= 0.6 is 0 Å². The molecule has 0 aliphatic rings. The maximum Gasteiger partial charge on any atom is 0.431 e. The second kappa shape index (κ2) is 4.97. The van der Waals surface area contributed by atoms with Crippen molar-refractivity contribution in [2.45, 2.75) is 6.18 Å². The Morgan fingerprint density at radius 3 is 2.38 bits per heavy atom. The molecule has 5 nitrogen and oxygen atoms in total. The zero-order chi connectivity index (χ0) is 15.8. The van der Waals surface area contributed by atoms with Crippen LogP contribution in [0.5, 0.6) is 0 Å². The van der Waals surface area contributed by atoms with E-state index >= 15 is 0 Å². The second-order valence-corrected chi connectivity index (χ2v) is 4.29. The van der Waals surface area contributed by atoms with Gasteiger partial charge >= 0.3 is 6.18 Å². The average molecular weight is 297 g/mol. The number of nitrogens with two attached hydrogens (primary N) is 2. The number of benzene rings is 1. The van der Waals surface area contributed by atoms with Gasteiger partial charge in [-0.3, -0.25) is 9.59 Å². The molecule has 110 valence electrons. The molecule has 5 N–H and O–H groups in total. The van der Waals surface area contributed by atoms with Gasteiger partial charge in [-0.25, -0.2) is 0 Å². The molecule has 21 heavy (non-hydrogen) atoms. The number of nitrogens with one attached hydrogen (secondary N) is 1. The van der Waals surface area contributed by atoms with Gasteiger partial charge in [0.05, 0.1) is 0 Å². The van der Waals surface area contributed by atoms with E-state index in [2.05, 4.69) is 0 Å². The van der Waals surface area contributed by atoms with Crippen molar-refractivity contribution < 1.29 is 18.0 Å². The van der Waals surface area contributed by atoms with Gasteiger partial charge in [0.25, 0.3) is 11.5 Å². The molecule has 0 saturated heterocycles. The van der Waals surface area contributed by atoms with Crippen LogP contribution in [-0.2, 0) is 6.18 Å². The predicted molar refractivity (Wildman–Crippen MR) is 70.4 cm³/mol. The third-order valence-electron chi connectivity index (χ3n) is 2.79. The highest BCUT2D eigenvalue weighted by Crippen LogP contribution is 2.35. The zero-order valence-corrected chi connectivity index (χ0v) is 10.5. The van der Waals surface area contributed by atoms with E-state index in [1.54, 1.807) is 4.98 Å². The minimum atomic E-state index is -4.80. The lowest BCUT2D eigenvalue weighted by Gasteiger charge is -2.13. The number of primary amides is 1. The van der Waals surface area contributed by atoms with E-state index in [-0.39, 0.29) is 16.8 Å². The Balaban J connectivity index is 2.81. The molecule has 1 heterocycles. The summed E-state index contributed by atoms with van der Waals surface area (Å²) in [4.78, 5) is 24.3. The van der Waals surface area contributed by atoms with Crippen LogP contribution in [-0.4, -0.2) is 10.9 Å². The molecule has 0 spiro atoms. The van der Waals surface area contributed by atoms with Gasteiger partial charge in [0.1, 0.15) is 11.3 Å². The molecule has 0 saturated carbocycles. The van der Waals surface area contributed by atoms with Gasteiger partial charge < -0.3 is 16.5 Å². The number of H-pyrrole nitrogens is 1. The maximum atomic E-state index is 13.0. The smallest absolute Gasteiger partial charge is 0.399 e. The second-order valence-electron chi connectivity index (χ2n) is 4.29. The van der Waals surface area contributed by atoms with E-state index in [0.717, 1.165) is 6.07 Å². The molecule has 2 aromatic rings. The van der Waals surface area contributed by atoms with E-state index in [0.29, 0.717) is 0 Å². The summed E-state index contributed by atoms with van der Waals surface area (Å²) >= 11 is 0. The summed E-state index contributed by atoms with van der Waals surface area (Å²) in [6.45, 7) is 0. The number of rotatable bonds is 2. The first kappa shape index (κ1) is 14.6. The van der Waals surface area contributed by atoms with Crippen molar-refractivity contribution in [2.75, 3.05) is 5.73 Å². The van der Waals surface area contributed by atoms with Crippen molar-refractivity contribution in [2.24, 2.45) is 5.73 Å². The van der Waals surface area contributed by atoms with Crippen LogP contribution in [0.4, 0.5) is 18.9 Å². The summed E-state index contributed by atoms with van der Waals surface area (Å²) in [6, 6.07) is 6.45. The van der Waals surface area contributed by atoms with Crippen LogP contribution in [0.25, 0.3) is 11.1 Å². The van der Waals surface area contributed by atoms with Gasteiger partial charge in [-0.15, -0.1) is 0 Å². The molecule has 0 unspecified atom stereocenters. The number of hydrogen-bond donors (Lipinski definition) is 3. The van der Waals surface area contributed by atoms with Crippen LogP contribution in [0.2, 0.25) is 0 Å². The Hall–Kier alpha value is -2.77. The minimum absolute atomic E-state index is 0.112. The van der Waals surface area contributed by atoms with Crippen LogP contribution < -0.4 is 17.0 Å². The zero-order valence-electron chi connectivity index (χ0n) is 10.5. The van der Waals surface area contributed by atoms with E-state index in [4.69, 9.17) is 11.5 Å². The Morgan fingerprint density at radius 2 is 1.86 bits per heavy atom. The number of anilines is 1. The number of hydrogen-bond acceptors (Lipinski definition) is 3. The fourth-order valence-corrected chi connectivity index (χ4v) is 1.87. The molecular formula is C13H10F3N3O2. The third kappa shape index (κ3) is 2.88. The lowest BCUT2D eigenvalue weighted by molar-refractivity contribution is -0.140. The molecule has 0 aliphatic heterocycles. The molecule has 0 radical (unpaired) electrons. The fraction of sp³-hybridized carbons (Fsp3) is 0.0769. The SMILES string of the molecule is NC(=O)c1cc(-c2cccc(N)c2)c(C(F)(F)F)[nH]c1=O. The fourth-order valence-electron chi connectivity index (χ4n) is 1.87. The molecule has 0 atom stereocenters. The van der Waals surface area contributed by atoms with Gasteiger partial charge in [-0.2, -0.15) is 13.2 Å². The van der Waals surface area contributed by atoms with E-state index in [9.17, 15) is 22.8 Å². The van der Waals surface area contributed by atoms with E-state index in [1.807, 2.05) is 0 Å². The van der Waals surface area contributed by atoms with Crippen LogP contribution in [0, 0.1) is 0 Å². The normalized spacial score (nSPS) is 11.4. The topological polar surface area (TPSA) is 102 Å². The van der Waals surface area contributed by atoms with Crippen LogP contribution in [0.15, 0.2) is 35.1 Å². The number of pyridine rings is 1. The molecule has 0 fully saturated rings. The van der Waals surface area contributed by atoms with Crippen molar-refractivity contribution in [1.29, 1.82) is 0 Å². The average Bonchev–Trinajstić information content (AvgIpc) is 2.36. The molecule has 0 bridgehead atoms. The van der Waals surface area contributed by atoms with Crippen molar-refractivity contribution in [1.82, 2.24) is 4.98 Å². The number of aromatic nitrogens is 1. The number of nitrogen functional groups attached to an aromatic ring is 1. The first-order valence-electron chi connectivity index (χ1n) is 5.70. The number of amides is 1. The summed E-state index contributed by atoms with van der Waals surface area (Å²) in [5.41, 5.74) is 7.50. The summed E-state index contributed by atoms with van der Waals surface area (Å²) in [5, 5.41) is 0. The Morgan fingerprint density at radius 1 is 1.19 bits per heavy atom. The first-order valence-corrected chi connectivity index (χ1v) is 5.70. The molecule has 1 aromatic carbocycles. The maximum absolute atomic E-state index is 13.0. The van der Waals surface area contributed by atoms with Gasteiger partial charge in [0.2, 0.25) is 0 Å². The largest absolute Gasteiger partial charge is 0.431 e. The number of carbonyl (C=O) groups is 1. The monoisotopic (exact) mass is 297 g/mol. The Labute approximate surface area is 116 Å². The first-order chi connectivity index (χ1) is 9.70. The number of halogens is 3. The van der Waals surface area contributed by atoms with Crippen molar-refractivity contribution >= 4 is 11.6 Å². The number of carbonyl (C=O) groups excluding carboxylic acids is 1. The third-order valence-corrected chi connectivity index (χ3v) is 2.79. The van der Waals surface area contributed by atoms with Gasteiger partial charge in [-0.05, 0) is 23.8 Å². The summed E-state index contributed by atoms with van der Waals surface area (Å²) in [7, 11) is 0. The molecule has 1 aromatic heterocycles. The van der Waals surface area contributed by atoms with Crippen molar-refractivity contribution in [3.05, 3.63) is 51.9 Å². The van der Waals surface area contributed by atoms with Gasteiger partial charge in [0.15, 0.2) is 0 Å². The highest BCUT2D eigenvalue weighted by atomic mass is 19.4. The molecule has 2 rings (SSSR count). The quantitative estimate of drug-likeness (QED) is 0.736. The lowest BCUT2D eigenvalue weighted by atomic mass is 10.0. The van der Waals surface area contributed by atoms with Gasteiger partial charge in [-0.1, -0.05) is 12.1 Å². The van der Waals surface area contributed by atoms with Crippen LogP contribution in [0.3, 0.4) is 0 Å². The highest BCUT2D eigenvalue weighted by Gasteiger charge is 2.36. The summed E-state index contributed by atoms with van der Waals surface area (Å²) < 4.78 is 39.1. The minimum Gasteiger partial charge on any atom is -0.399 e.